The Hall–Kier alpha value is -2.26. The van der Waals surface area contributed by atoms with Crippen molar-refractivity contribution in [2.45, 2.75) is 12.5 Å². The first kappa shape index (κ1) is 12.8. The van der Waals surface area contributed by atoms with Gasteiger partial charge in [0.05, 0.1) is 11.1 Å². The van der Waals surface area contributed by atoms with Crippen LogP contribution in [0.5, 0.6) is 0 Å². The van der Waals surface area contributed by atoms with Crippen molar-refractivity contribution >= 4 is 10.9 Å². The molecule has 1 atom stereocenters. The second kappa shape index (κ2) is 4.69. The van der Waals surface area contributed by atoms with Gasteiger partial charge in [0.15, 0.2) is 0 Å². The van der Waals surface area contributed by atoms with Crippen LogP contribution in [0, 0.1) is 5.82 Å². The largest absolute Gasteiger partial charge is 0.318 e. The SMILES string of the molecule is CC(N)(c1ccc(F)cc1)c1ccc2cccnc2c1. The van der Waals surface area contributed by atoms with Gasteiger partial charge in [0.1, 0.15) is 5.82 Å². The zero-order chi connectivity index (χ0) is 14.2. The molecule has 0 aliphatic carbocycles. The molecule has 3 rings (SSSR count). The molecule has 20 heavy (non-hydrogen) atoms. The lowest BCUT2D eigenvalue weighted by Crippen LogP contribution is -2.34. The number of aromatic nitrogens is 1. The number of benzene rings is 2. The highest BCUT2D eigenvalue weighted by atomic mass is 19.1. The highest BCUT2D eigenvalue weighted by Crippen LogP contribution is 2.28. The minimum atomic E-state index is -0.681. The van der Waals surface area contributed by atoms with E-state index < -0.39 is 5.54 Å². The van der Waals surface area contributed by atoms with E-state index in [2.05, 4.69) is 4.98 Å². The average molecular weight is 266 g/mol. The van der Waals surface area contributed by atoms with Crippen LogP contribution < -0.4 is 5.73 Å². The topological polar surface area (TPSA) is 38.9 Å². The molecule has 0 amide bonds. The van der Waals surface area contributed by atoms with Crippen LogP contribution >= 0.6 is 0 Å². The summed E-state index contributed by atoms with van der Waals surface area (Å²) in [6, 6.07) is 16.2. The zero-order valence-corrected chi connectivity index (χ0v) is 11.2. The van der Waals surface area contributed by atoms with Gasteiger partial charge in [-0.1, -0.05) is 30.3 Å². The third-order valence-electron chi connectivity index (χ3n) is 3.65. The summed E-state index contributed by atoms with van der Waals surface area (Å²) in [5, 5.41) is 1.08. The van der Waals surface area contributed by atoms with E-state index in [9.17, 15) is 4.39 Å². The fourth-order valence-corrected chi connectivity index (χ4v) is 2.35. The van der Waals surface area contributed by atoms with Crippen LogP contribution in [-0.4, -0.2) is 4.98 Å². The Labute approximate surface area is 117 Å². The maximum Gasteiger partial charge on any atom is 0.123 e. The van der Waals surface area contributed by atoms with Gasteiger partial charge in [-0.3, -0.25) is 4.98 Å². The van der Waals surface area contributed by atoms with E-state index >= 15 is 0 Å². The van der Waals surface area contributed by atoms with Crippen LogP contribution in [0.3, 0.4) is 0 Å². The molecule has 0 radical (unpaired) electrons. The monoisotopic (exact) mass is 266 g/mol. The van der Waals surface area contributed by atoms with E-state index in [-0.39, 0.29) is 5.82 Å². The second-order valence-corrected chi connectivity index (χ2v) is 5.12. The molecule has 2 N–H and O–H groups in total. The Kier molecular flexibility index (Phi) is 2.99. The number of nitrogens with zero attached hydrogens (tertiary/aromatic N) is 1. The Morgan fingerprint density at radius 3 is 2.45 bits per heavy atom. The number of hydrogen-bond acceptors (Lipinski definition) is 2. The van der Waals surface area contributed by atoms with Crippen molar-refractivity contribution in [3.63, 3.8) is 0 Å². The van der Waals surface area contributed by atoms with Gasteiger partial charge in [-0.15, -0.1) is 0 Å². The van der Waals surface area contributed by atoms with Crippen molar-refractivity contribution in [1.82, 2.24) is 4.98 Å². The third-order valence-corrected chi connectivity index (χ3v) is 3.65. The van der Waals surface area contributed by atoms with E-state index in [0.29, 0.717) is 0 Å². The van der Waals surface area contributed by atoms with Crippen LogP contribution in [0.4, 0.5) is 4.39 Å². The van der Waals surface area contributed by atoms with Gasteiger partial charge in [-0.05, 0) is 42.3 Å². The molecule has 0 aliphatic heterocycles. The highest BCUT2D eigenvalue weighted by molar-refractivity contribution is 5.79. The van der Waals surface area contributed by atoms with Crippen molar-refractivity contribution in [2.24, 2.45) is 5.73 Å². The summed E-state index contributed by atoms with van der Waals surface area (Å²) in [6.45, 7) is 1.92. The van der Waals surface area contributed by atoms with Crippen LogP contribution in [0.1, 0.15) is 18.1 Å². The molecule has 100 valence electrons. The molecular formula is C17H15FN2. The maximum atomic E-state index is 13.0. The molecule has 0 saturated heterocycles. The summed E-state index contributed by atoms with van der Waals surface area (Å²) >= 11 is 0. The van der Waals surface area contributed by atoms with Crippen LogP contribution in [-0.2, 0) is 5.54 Å². The predicted octanol–water partition coefficient (Wildman–Crippen LogP) is 3.60. The summed E-state index contributed by atoms with van der Waals surface area (Å²) < 4.78 is 13.0. The molecule has 2 aromatic carbocycles. The standard InChI is InChI=1S/C17H15FN2/c1-17(19,13-6-8-15(18)9-7-13)14-5-4-12-3-2-10-20-16(12)11-14/h2-11H,19H2,1H3. The van der Waals surface area contributed by atoms with Crippen molar-refractivity contribution < 1.29 is 4.39 Å². The first-order valence-corrected chi connectivity index (χ1v) is 6.47. The number of fused-ring (bicyclic) bond motifs is 1. The second-order valence-electron chi connectivity index (χ2n) is 5.12. The lowest BCUT2D eigenvalue weighted by molar-refractivity contribution is 0.593. The lowest BCUT2D eigenvalue weighted by Gasteiger charge is -2.26. The van der Waals surface area contributed by atoms with E-state index in [1.165, 1.54) is 12.1 Å². The molecule has 2 nitrogen and oxygen atoms in total. The summed E-state index contributed by atoms with van der Waals surface area (Å²) in [6.07, 6.45) is 1.76. The number of hydrogen-bond donors (Lipinski definition) is 1. The highest BCUT2D eigenvalue weighted by Gasteiger charge is 2.24. The molecule has 0 spiro atoms. The van der Waals surface area contributed by atoms with Gasteiger partial charge in [0, 0.05) is 11.6 Å². The summed E-state index contributed by atoms with van der Waals surface area (Å²) in [5.74, 6) is -0.260. The molecule has 0 aliphatic rings. The van der Waals surface area contributed by atoms with E-state index in [1.807, 2.05) is 37.3 Å². The smallest absolute Gasteiger partial charge is 0.123 e. The van der Waals surface area contributed by atoms with E-state index in [0.717, 1.165) is 22.0 Å². The van der Waals surface area contributed by atoms with Gasteiger partial charge < -0.3 is 5.73 Å². The van der Waals surface area contributed by atoms with Crippen molar-refractivity contribution in [1.29, 1.82) is 0 Å². The third kappa shape index (κ3) is 2.17. The average Bonchev–Trinajstić information content (AvgIpc) is 2.47. The summed E-state index contributed by atoms with van der Waals surface area (Å²) in [4.78, 5) is 4.35. The minimum Gasteiger partial charge on any atom is -0.318 e. The zero-order valence-electron chi connectivity index (χ0n) is 11.2. The molecule has 0 fully saturated rings. The first-order valence-electron chi connectivity index (χ1n) is 6.47. The van der Waals surface area contributed by atoms with Crippen LogP contribution in [0.15, 0.2) is 60.8 Å². The van der Waals surface area contributed by atoms with E-state index in [4.69, 9.17) is 5.73 Å². The Balaban J connectivity index is 2.10. The molecule has 3 aromatic rings. The number of nitrogens with two attached hydrogens (primary N) is 1. The Bertz CT molecular complexity index is 748. The van der Waals surface area contributed by atoms with Crippen molar-refractivity contribution in [3.8, 4) is 0 Å². The fraction of sp³-hybridized carbons (Fsp3) is 0.118. The normalized spacial score (nSPS) is 14.2. The molecular weight excluding hydrogens is 251 g/mol. The predicted molar refractivity (Wildman–Crippen MR) is 78.8 cm³/mol. The number of rotatable bonds is 2. The van der Waals surface area contributed by atoms with Gasteiger partial charge in [0.25, 0.3) is 0 Å². The van der Waals surface area contributed by atoms with Crippen molar-refractivity contribution in [2.75, 3.05) is 0 Å². The fourth-order valence-electron chi connectivity index (χ4n) is 2.35. The number of pyridine rings is 1. The molecule has 0 saturated carbocycles. The van der Waals surface area contributed by atoms with Crippen LogP contribution in [0.25, 0.3) is 10.9 Å². The summed E-state index contributed by atoms with van der Waals surface area (Å²) in [7, 11) is 0. The molecule has 1 aromatic heterocycles. The van der Waals surface area contributed by atoms with Crippen LogP contribution in [0.2, 0.25) is 0 Å². The quantitative estimate of drug-likeness (QED) is 0.769. The van der Waals surface area contributed by atoms with Gasteiger partial charge in [-0.25, -0.2) is 4.39 Å². The summed E-state index contributed by atoms with van der Waals surface area (Å²) in [5.41, 5.74) is 8.50. The van der Waals surface area contributed by atoms with Gasteiger partial charge in [-0.2, -0.15) is 0 Å². The minimum absolute atomic E-state index is 0.260. The molecule has 1 heterocycles. The maximum absolute atomic E-state index is 13.0. The van der Waals surface area contributed by atoms with Gasteiger partial charge in [0.2, 0.25) is 0 Å². The molecule has 1 unspecified atom stereocenters. The lowest BCUT2D eigenvalue weighted by atomic mass is 9.85. The molecule has 0 bridgehead atoms. The van der Waals surface area contributed by atoms with E-state index in [1.54, 1.807) is 18.3 Å². The molecule has 3 heteroatoms. The Morgan fingerprint density at radius 1 is 1.00 bits per heavy atom. The Morgan fingerprint density at radius 2 is 1.70 bits per heavy atom. The number of halogens is 1. The van der Waals surface area contributed by atoms with Gasteiger partial charge >= 0.3 is 0 Å². The van der Waals surface area contributed by atoms with Crippen molar-refractivity contribution in [3.05, 3.63) is 77.7 Å². The first-order chi connectivity index (χ1) is 9.57.